The van der Waals surface area contributed by atoms with Crippen LogP contribution in [0.15, 0.2) is 34.8 Å². The third kappa shape index (κ3) is 3.39. The average Bonchev–Trinajstić information content (AvgIpc) is 3.10. The van der Waals surface area contributed by atoms with E-state index in [1.807, 2.05) is 12.1 Å². The summed E-state index contributed by atoms with van der Waals surface area (Å²) in [6.07, 6.45) is -1.56. The molecule has 0 amide bonds. The largest absolute Gasteiger partial charge is 0.411 e. The van der Waals surface area contributed by atoms with Crippen LogP contribution in [-0.2, 0) is 0 Å². The van der Waals surface area contributed by atoms with Crippen molar-refractivity contribution in [2.75, 3.05) is 5.73 Å². The first-order chi connectivity index (χ1) is 10.9. The number of rotatable bonds is 3. The third-order valence-electron chi connectivity index (χ3n) is 4.35. The molecule has 1 fully saturated rings. The summed E-state index contributed by atoms with van der Waals surface area (Å²) >= 11 is 3.33. The van der Waals surface area contributed by atoms with Crippen molar-refractivity contribution in [1.82, 2.24) is 9.78 Å². The van der Waals surface area contributed by atoms with Gasteiger partial charge in [0.25, 0.3) is 0 Å². The smallest absolute Gasteiger partial charge is 0.384 e. The van der Waals surface area contributed by atoms with E-state index in [4.69, 9.17) is 5.73 Å². The first-order valence-corrected chi connectivity index (χ1v) is 8.33. The van der Waals surface area contributed by atoms with E-state index < -0.39 is 18.1 Å². The summed E-state index contributed by atoms with van der Waals surface area (Å²) < 4.78 is 42.6. The lowest BCUT2D eigenvalue weighted by molar-refractivity contribution is -0.182. The number of anilines is 1. The summed E-state index contributed by atoms with van der Waals surface area (Å²) in [5.74, 6) is -0.396. The predicted octanol–water partition coefficient (Wildman–Crippen LogP) is 5.19. The van der Waals surface area contributed by atoms with Gasteiger partial charge in [-0.1, -0.05) is 40.9 Å². The predicted molar refractivity (Wildman–Crippen MR) is 86.8 cm³/mol. The number of hydrogen-bond donors (Lipinski definition) is 1. The van der Waals surface area contributed by atoms with Crippen molar-refractivity contribution in [3.63, 3.8) is 0 Å². The van der Waals surface area contributed by atoms with Gasteiger partial charge in [-0.2, -0.15) is 18.3 Å². The van der Waals surface area contributed by atoms with Crippen molar-refractivity contribution in [1.29, 1.82) is 0 Å². The van der Waals surface area contributed by atoms with Gasteiger partial charge in [-0.25, -0.2) is 4.68 Å². The lowest BCUT2D eigenvalue weighted by atomic mass is 9.98. The number of benzene rings is 1. The number of alkyl halides is 3. The quantitative estimate of drug-likeness (QED) is 0.787. The third-order valence-corrected chi connectivity index (χ3v) is 4.88. The molecule has 0 radical (unpaired) electrons. The summed E-state index contributed by atoms with van der Waals surface area (Å²) in [7, 11) is 0. The molecule has 2 N–H and O–H groups in total. The fourth-order valence-electron chi connectivity index (χ4n) is 3.27. The van der Waals surface area contributed by atoms with Gasteiger partial charge in [0.1, 0.15) is 5.82 Å². The molecule has 0 spiro atoms. The minimum atomic E-state index is -4.36. The van der Waals surface area contributed by atoms with Crippen molar-refractivity contribution >= 4 is 21.7 Å². The molecule has 3 rings (SSSR count). The van der Waals surface area contributed by atoms with Gasteiger partial charge >= 0.3 is 6.18 Å². The minimum absolute atomic E-state index is 0.0529. The van der Waals surface area contributed by atoms with Crippen LogP contribution in [0, 0.1) is 5.92 Å². The van der Waals surface area contributed by atoms with Crippen molar-refractivity contribution in [3.05, 3.63) is 34.8 Å². The van der Waals surface area contributed by atoms with Crippen LogP contribution in [0.25, 0.3) is 11.3 Å². The molecule has 0 bridgehead atoms. The van der Waals surface area contributed by atoms with E-state index in [1.54, 1.807) is 12.1 Å². The standard InChI is InChI=1S/C16H17BrF3N3/c17-12-7-5-10(6-8-12)13-9-14(21)23(22-13)15(16(18,19)20)11-3-1-2-4-11/h5-9,11,15H,1-4,21H2. The zero-order chi connectivity index (χ0) is 16.6. The molecule has 1 saturated carbocycles. The molecule has 2 aromatic rings. The van der Waals surface area contributed by atoms with Crippen LogP contribution in [0.1, 0.15) is 31.7 Å². The van der Waals surface area contributed by atoms with E-state index in [-0.39, 0.29) is 5.82 Å². The zero-order valence-corrected chi connectivity index (χ0v) is 13.9. The highest BCUT2D eigenvalue weighted by Gasteiger charge is 2.48. The van der Waals surface area contributed by atoms with Crippen LogP contribution in [0.3, 0.4) is 0 Å². The Labute approximate surface area is 140 Å². The molecule has 0 aliphatic heterocycles. The second-order valence-electron chi connectivity index (χ2n) is 5.94. The van der Waals surface area contributed by atoms with E-state index in [2.05, 4.69) is 21.0 Å². The van der Waals surface area contributed by atoms with Crippen LogP contribution in [-0.4, -0.2) is 16.0 Å². The highest BCUT2D eigenvalue weighted by Crippen LogP contribution is 2.44. The van der Waals surface area contributed by atoms with Gasteiger partial charge in [0.05, 0.1) is 5.69 Å². The molecular weight excluding hydrogens is 371 g/mol. The molecule has 1 aromatic heterocycles. The molecule has 1 aliphatic rings. The van der Waals surface area contributed by atoms with Gasteiger partial charge in [0.15, 0.2) is 6.04 Å². The number of hydrogen-bond acceptors (Lipinski definition) is 2. The average molecular weight is 388 g/mol. The Kier molecular flexibility index (Phi) is 4.40. The maximum absolute atomic E-state index is 13.6. The Balaban J connectivity index is 1.99. The summed E-state index contributed by atoms with van der Waals surface area (Å²) in [4.78, 5) is 0. The second-order valence-corrected chi connectivity index (χ2v) is 6.85. The molecule has 0 saturated heterocycles. The Morgan fingerprint density at radius 3 is 2.35 bits per heavy atom. The van der Waals surface area contributed by atoms with Crippen LogP contribution in [0.5, 0.6) is 0 Å². The molecule has 124 valence electrons. The van der Waals surface area contributed by atoms with E-state index >= 15 is 0 Å². The molecular formula is C16H17BrF3N3. The van der Waals surface area contributed by atoms with Crippen LogP contribution in [0.2, 0.25) is 0 Å². The maximum atomic E-state index is 13.6. The number of nitrogens with two attached hydrogens (primary N) is 1. The highest BCUT2D eigenvalue weighted by atomic mass is 79.9. The second kappa shape index (κ2) is 6.19. The molecule has 7 heteroatoms. The van der Waals surface area contributed by atoms with E-state index in [9.17, 15) is 13.2 Å². The first-order valence-electron chi connectivity index (χ1n) is 7.54. The topological polar surface area (TPSA) is 43.8 Å². The molecule has 1 atom stereocenters. The Morgan fingerprint density at radius 2 is 1.78 bits per heavy atom. The van der Waals surface area contributed by atoms with Gasteiger partial charge in [-0.05, 0) is 30.9 Å². The molecule has 3 nitrogen and oxygen atoms in total. The molecule has 1 aliphatic carbocycles. The molecule has 23 heavy (non-hydrogen) atoms. The van der Waals surface area contributed by atoms with Gasteiger partial charge in [-0.3, -0.25) is 0 Å². The number of aromatic nitrogens is 2. The summed E-state index contributed by atoms with van der Waals surface area (Å²) in [5, 5.41) is 4.18. The number of nitrogen functional groups attached to an aromatic ring is 1. The SMILES string of the molecule is Nc1cc(-c2ccc(Br)cc2)nn1C(C1CCCC1)C(F)(F)F. The summed E-state index contributed by atoms with van der Waals surface area (Å²) in [6.45, 7) is 0. The Morgan fingerprint density at radius 1 is 1.17 bits per heavy atom. The van der Waals surface area contributed by atoms with E-state index in [0.717, 1.165) is 27.6 Å². The molecule has 1 heterocycles. The number of halogens is 4. The van der Waals surface area contributed by atoms with Crippen molar-refractivity contribution in [3.8, 4) is 11.3 Å². The van der Waals surface area contributed by atoms with E-state index in [0.29, 0.717) is 18.5 Å². The van der Waals surface area contributed by atoms with Crippen molar-refractivity contribution < 1.29 is 13.2 Å². The maximum Gasteiger partial charge on any atom is 0.411 e. The van der Waals surface area contributed by atoms with Crippen LogP contribution < -0.4 is 5.73 Å². The summed E-state index contributed by atoms with van der Waals surface area (Å²) in [5.41, 5.74) is 7.07. The van der Waals surface area contributed by atoms with Crippen LogP contribution >= 0.6 is 15.9 Å². The van der Waals surface area contributed by atoms with E-state index in [1.165, 1.54) is 6.07 Å². The fraction of sp³-hybridized carbons (Fsp3) is 0.438. The number of nitrogens with zero attached hydrogens (tertiary/aromatic N) is 2. The monoisotopic (exact) mass is 387 g/mol. The van der Waals surface area contributed by atoms with Crippen LogP contribution in [0.4, 0.5) is 19.0 Å². The Bertz CT molecular complexity index is 673. The normalized spacial score (nSPS) is 17.6. The minimum Gasteiger partial charge on any atom is -0.384 e. The lowest BCUT2D eigenvalue weighted by Gasteiger charge is -2.27. The van der Waals surface area contributed by atoms with Gasteiger partial charge in [-0.15, -0.1) is 0 Å². The first kappa shape index (κ1) is 16.4. The zero-order valence-electron chi connectivity index (χ0n) is 12.4. The van der Waals surface area contributed by atoms with Gasteiger partial charge in [0, 0.05) is 16.1 Å². The lowest BCUT2D eigenvalue weighted by Crippen LogP contribution is -2.33. The van der Waals surface area contributed by atoms with Gasteiger partial charge in [0.2, 0.25) is 0 Å². The Hall–Kier alpha value is -1.50. The summed E-state index contributed by atoms with van der Waals surface area (Å²) in [6, 6.07) is 7.11. The highest BCUT2D eigenvalue weighted by molar-refractivity contribution is 9.10. The molecule has 1 unspecified atom stereocenters. The molecule has 1 aromatic carbocycles. The van der Waals surface area contributed by atoms with Gasteiger partial charge < -0.3 is 5.73 Å². The van der Waals surface area contributed by atoms with Crippen molar-refractivity contribution in [2.24, 2.45) is 5.92 Å². The van der Waals surface area contributed by atoms with Crippen molar-refractivity contribution in [2.45, 2.75) is 37.9 Å². The fourth-order valence-corrected chi connectivity index (χ4v) is 3.54.